The van der Waals surface area contributed by atoms with Crippen LogP contribution in [-0.2, 0) is 43.0 Å². The number of esters is 2. The monoisotopic (exact) mass is 2080 g/mol. The Hall–Kier alpha value is -3.69. The first-order valence-corrected chi connectivity index (χ1v) is 62.6. The van der Waals surface area contributed by atoms with Gasteiger partial charge in [0.05, 0.1) is 56.6 Å². The van der Waals surface area contributed by atoms with Gasteiger partial charge in [0.2, 0.25) is 0 Å². The predicted octanol–water partition coefficient (Wildman–Crippen LogP) is 26.2. The molecule has 20 aliphatic rings. The lowest BCUT2D eigenvalue weighted by Crippen LogP contribution is -2.63. The first-order chi connectivity index (χ1) is 69.4. The zero-order chi connectivity index (χ0) is 108. The smallest absolute Gasteiger partial charge is 0.302 e. The first-order valence-electron chi connectivity index (χ1n) is 60.7. The zero-order valence-corrected chi connectivity index (χ0v) is 97.4. The summed E-state index contributed by atoms with van der Waals surface area (Å²) in [6.07, 6.45) is 48.0. The molecule has 46 atom stereocenters. The van der Waals surface area contributed by atoms with Crippen LogP contribution in [0.5, 0.6) is 0 Å². The van der Waals surface area contributed by atoms with Gasteiger partial charge in [0.25, 0.3) is 10.1 Å². The van der Waals surface area contributed by atoms with Crippen molar-refractivity contribution in [1.82, 2.24) is 0 Å². The topological polar surface area (TPSA) is 292 Å². The maximum atomic E-state index is 12.1. The van der Waals surface area contributed by atoms with Crippen molar-refractivity contribution in [3.05, 3.63) is 72.9 Å². The van der Waals surface area contributed by atoms with E-state index in [1.54, 1.807) is 0 Å². The first kappa shape index (κ1) is 118. The minimum atomic E-state index is -3.50. The Labute approximate surface area is 898 Å². The van der Waals surface area contributed by atoms with Crippen LogP contribution >= 0.6 is 0 Å². The van der Waals surface area contributed by atoms with Gasteiger partial charge in [0, 0.05) is 45.5 Å². The van der Waals surface area contributed by atoms with E-state index < -0.39 is 34.5 Å². The molecule has 0 aliphatic heterocycles. The van der Waals surface area contributed by atoms with Crippen molar-refractivity contribution in [2.45, 2.75) is 432 Å². The number of carbonyl (C=O) groups is 4. The molecular weight excluding hydrogens is 1870 g/mol. The third-order valence-corrected chi connectivity index (χ3v) is 52.5. The Morgan fingerprint density at radius 1 is 0.311 bits per heavy atom. The summed E-state index contributed by atoms with van der Waals surface area (Å²) >= 11 is 0. The fourth-order valence-electron chi connectivity index (χ4n) is 41.4. The average molecular weight is 2080 g/mol. The van der Waals surface area contributed by atoms with Crippen LogP contribution in [-0.4, -0.2) is 150 Å². The normalized spacial score (nSPS) is 50.7. The molecule has 0 aromatic rings. The van der Waals surface area contributed by atoms with E-state index in [1.807, 2.05) is 0 Å². The number of ether oxygens (including phenoxy) is 2. The lowest BCUT2D eigenvalue weighted by Gasteiger charge is -2.63. The van der Waals surface area contributed by atoms with Gasteiger partial charge in [-0.1, -0.05) is 223 Å². The molecule has 0 heterocycles. The quantitative estimate of drug-likeness (QED) is 0.0308. The molecule has 0 spiro atoms. The molecule has 0 saturated heterocycles. The Kier molecular flexibility index (Phi) is 36.1. The molecule has 16 unspecified atom stereocenters. The molecule has 18 heteroatoms. The van der Waals surface area contributed by atoms with Crippen molar-refractivity contribution in [3.8, 4) is 0 Å². The molecule has 8 N–H and O–H groups in total. The molecule has 20 aliphatic carbocycles. The number of allylic oxidation sites excluding steroid dienone is 6. The lowest BCUT2D eigenvalue weighted by molar-refractivity contribution is -0.217. The van der Waals surface area contributed by atoms with Gasteiger partial charge in [0.15, 0.2) is 0 Å². The minimum Gasteiger partial charge on any atom is -0.466 e. The second-order valence-corrected chi connectivity index (χ2v) is 60.4. The van der Waals surface area contributed by atoms with Gasteiger partial charge in [-0.15, -0.1) is 0 Å². The number of aliphatic hydroxyl groups excluding tert-OH is 8. The highest BCUT2D eigenvalue weighted by atomic mass is 32.2. The van der Waals surface area contributed by atoms with Crippen molar-refractivity contribution >= 4 is 34.6 Å². The van der Waals surface area contributed by atoms with Crippen molar-refractivity contribution in [2.24, 2.45) is 237 Å². The molecule has 0 amide bonds. The summed E-state index contributed by atoms with van der Waals surface area (Å²) in [6.45, 7) is 71.1. The van der Waals surface area contributed by atoms with E-state index in [0.29, 0.717) is 157 Å². The van der Waals surface area contributed by atoms with Crippen molar-refractivity contribution in [2.75, 3.05) is 45.9 Å². The van der Waals surface area contributed by atoms with Gasteiger partial charge < -0.3 is 59.9 Å². The number of hydrogen-bond donors (Lipinski definition) is 8. The van der Waals surface area contributed by atoms with Crippen molar-refractivity contribution in [1.29, 1.82) is 0 Å². The van der Waals surface area contributed by atoms with Crippen LogP contribution in [0.4, 0.5) is 0 Å². The van der Waals surface area contributed by atoms with E-state index in [-0.39, 0.29) is 138 Å². The molecule has 20 rings (SSSR count). The molecule has 20 fully saturated rings. The maximum absolute atomic E-state index is 12.1. The van der Waals surface area contributed by atoms with Gasteiger partial charge in [-0.3, -0.25) is 13.8 Å². The van der Waals surface area contributed by atoms with Crippen LogP contribution in [0.15, 0.2) is 72.9 Å². The maximum Gasteiger partial charge on any atom is 0.302 e. The summed E-state index contributed by atoms with van der Waals surface area (Å²) in [7, 11) is -3.50. The minimum absolute atomic E-state index is 0.00505. The molecule has 0 aromatic carbocycles. The highest BCUT2D eigenvalue weighted by Gasteiger charge is 2.69. The second-order valence-electron chi connectivity index (χ2n) is 58.7. The molecule has 20 saturated carbocycles. The highest BCUT2D eigenvalue weighted by molar-refractivity contribution is 7.86. The predicted molar refractivity (Wildman–Crippen MR) is 593 cm³/mol. The Bertz CT molecular complexity index is 4740. The van der Waals surface area contributed by atoms with Crippen molar-refractivity contribution < 1.29 is 82.1 Å². The molecule has 0 aromatic heterocycles. The highest BCUT2D eigenvalue weighted by Crippen LogP contribution is 2.74. The van der Waals surface area contributed by atoms with Crippen LogP contribution in [0.1, 0.15) is 401 Å². The van der Waals surface area contributed by atoms with Gasteiger partial charge in [-0.05, 0) is 462 Å². The van der Waals surface area contributed by atoms with Gasteiger partial charge >= 0.3 is 11.9 Å². The second kappa shape index (κ2) is 45.2. The fraction of sp³-hybridized carbons (Fsp3) is 0.877. The average Bonchev–Trinajstić information content (AvgIpc) is 1.42. The Morgan fingerprint density at radius 3 is 0.973 bits per heavy atom. The molecule has 840 valence electrons. The van der Waals surface area contributed by atoms with Crippen LogP contribution in [0.25, 0.3) is 0 Å². The van der Waals surface area contributed by atoms with Gasteiger partial charge in [-0.25, -0.2) is 0 Å². The SMILES string of the molecule is C=C1CCC2C3C(CC[C@]12C)[C@@]1(C)CC[C@H](C)CC1[C@@H](O)[C@@H]3O.C=C1CCC2C3C(CC[C@]12C)[C@@]1(C)CC[C@H](O)CC1[C@@H](O)[C@@H]3O.C=C1CCC2[C@H](C=O)C([C@@]3(C)CC[C@H](C)C[C@@H]3C=O)CC[C@]12C.C=C1CCC2[C@H](CO)C([C@@]3(C)CC[C@H](C)C[C@@H]3CO)CC[C@]12C.C=C1CCC2[C@H](CO)C([C@@]3(C)CC[C@H](C)C[C@@H]3COC(C)=O)CC[C@]12C.C=C1CCC2[C@H](COS(C)(=O)=O)C([C@@]3(C)CC[C@H](C)C[C@@H]3COC(C)=O)CC[C@]12C. The Balaban J connectivity index is 0.000000133. The number of hydrogen-bond acceptors (Lipinski definition) is 17. The van der Waals surface area contributed by atoms with Crippen LogP contribution in [0, 0.1) is 237 Å². The molecule has 0 bridgehead atoms. The van der Waals surface area contributed by atoms with E-state index in [9.17, 15) is 68.4 Å². The zero-order valence-electron chi connectivity index (χ0n) is 96.6. The number of aliphatic hydroxyl groups is 8. The summed E-state index contributed by atoms with van der Waals surface area (Å²) in [6, 6.07) is 0. The molecule has 17 nitrogen and oxygen atoms in total. The number of carbonyl (C=O) groups excluding carboxylic acids is 4. The van der Waals surface area contributed by atoms with E-state index in [1.165, 1.54) is 163 Å². The fourth-order valence-corrected chi connectivity index (χ4v) is 41.8. The summed E-state index contributed by atoms with van der Waals surface area (Å²) in [5, 5.41) is 84.7. The lowest BCUT2D eigenvalue weighted by atomic mass is 9.43. The largest absolute Gasteiger partial charge is 0.466 e. The summed E-state index contributed by atoms with van der Waals surface area (Å²) < 4.78 is 40.2. The third kappa shape index (κ3) is 21.4. The van der Waals surface area contributed by atoms with Crippen molar-refractivity contribution in [3.63, 3.8) is 0 Å². The van der Waals surface area contributed by atoms with Crippen LogP contribution in [0.2, 0.25) is 0 Å². The molecule has 148 heavy (non-hydrogen) atoms. The number of rotatable bonds is 16. The standard InChI is InChI=1S/C24H40O5S.C23H38O3.C21H34O2.C21H36O2.C21H32O2.C20H32O3/c1-16-9-11-24(5,19(13-16)14-28-18(3)25)22-10-12-23(4)17(2)7-8-21(23)20(22)15-29-30(6,26)27;1-15-8-10-23(5,18(12-15)14-26-17(3)25)21-9-11-22(4)16(2)6-7-20(22)19(21)13-24;1-12-7-9-21(4)15-8-10-20(3)13(2)5-6-14(20)17(15)19(23)18(22)16(21)11-12;2*1-14-7-9-21(4,16(11-14)12-22)19-8-10-20(3)15(2)5-6-18(20)17(19)13-23;1-11-4-5-13-16-14(7-9-19(11,13)2)20(3)8-6-12(21)10-15(20)17(22)18(16)23/h16,19-22H,2,7-15H2,1,3-6H3;15,18-21,24H,2,6-14H2,1,3-5H3;12,14-19,22-23H,2,5-11H2,1,3-4H3;14,16-19,22-23H,2,5-13H2,1,3-4H3;12-14,16-19H,2,5-11H2,1,3-4H3;12-18,21-23H,1,4-10H2,2-3H3/t16-,19+,20-,21?,22?,23+,24-;15-,18+,19-,20?,21?,22+,23-;12-,14?,15?,16?,17?,18+,19+,20+,21+;2*14-,16+,17-,18?,19?,20+,21-;12-,13?,14?,15?,16?,17+,18+,19+,20+/m000000/s1. The van der Waals surface area contributed by atoms with E-state index in [0.717, 1.165) is 173 Å². The number of aldehydes is 2. The van der Waals surface area contributed by atoms with Crippen LogP contribution in [0.3, 0.4) is 0 Å². The van der Waals surface area contributed by atoms with E-state index >= 15 is 0 Å². The third-order valence-electron chi connectivity index (χ3n) is 52.0. The summed E-state index contributed by atoms with van der Waals surface area (Å²) in [5.41, 5.74) is 9.93. The van der Waals surface area contributed by atoms with E-state index in [4.69, 9.17) is 13.7 Å². The summed E-state index contributed by atoms with van der Waals surface area (Å²) in [4.78, 5) is 46.9. The molecule has 0 radical (unpaired) electrons. The Morgan fingerprint density at radius 2 is 0.608 bits per heavy atom. The van der Waals surface area contributed by atoms with Crippen LogP contribution < -0.4 is 0 Å². The van der Waals surface area contributed by atoms with E-state index in [2.05, 4.69) is 157 Å². The summed E-state index contributed by atoms with van der Waals surface area (Å²) in [5.74, 6) is 11.8. The molecular formula is C130H212O17S. The van der Waals surface area contributed by atoms with Gasteiger partial charge in [0.1, 0.15) is 12.6 Å². The van der Waals surface area contributed by atoms with Gasteiger partial charge in [-0.2, -0.15) is 8.42 Å². The number of fused-ring (bicyclic) bond motifs is 14.